The minimum atomic E-state index is -0.750. The normalized spacial score (nSPS) is 11.5. The SMILES string of the molecule is Cc1ccc2nc(/C(C#N)=C\c3cc(Br)c([O-])c([N+](=O)[O-])c3)[nH]c2c1. The summed E-state index contributed by atoms with van der Waals surface area (Å²) in [6.07, 6.45) is 1.45. The van der Waals surface area contributed by atoms with Crippen molar-refractivity contribution in [2.24, 2.45) is 0 Å². The number of nitro benzene ring substituents is 1. The fraction of sp³-hybridized carbons (Fsp3) is 0.0588. The van der Waals surface area contributed by atoms with Crippen molar-refractivity contribution in [3.63, 3.8) is 0 Å². The summed E-state index contributed by atoms with van der Waals surface area (Å²) < 4.78 is 0.0606. The van der Waals surface area contributed by atoms with E-state index >= 15 is 0 Å². The number of aromatic amines is 1. The second kappa shape index (κ2) is 6.37. The van der Waals surface area contributed by atoms with E-state index in [0.717, 1.165) is 17.1 Å². The van der Waals surface area contributed by atoms with Crippen LogP contribution in [0, 0.1) is 28.4 Å². The minimum Gasteiger partial charge on any atom is -0.867 e. The Hall–Kier alpha value is -3.18. The number of nitro groups is 1. The lowest BCUT2D eigenvalue weighted by Gasteiger charge is -2.10. The number of hydrogen-bond donors (Lipinski definition) is 1. The molecule has 0 aliphatic carbocycles. The van der Waals surface area contributed by atoms with Crippen LogP contribution in [0.2, 0.25) is 0 Å². The number of aromatic nitrogens is 2. The zero-order valence-corrected chi connectivity index (χ0v) is 14.5. The highest BCUT2D eigenvalue weighted by molar-refractivity contribution is 9.10. The Balaban J connectivity index is 2.11. The third-order valence-corrected chi connectivity index (χ3v) is 4.16. The van der Waals surface area contributed by atoms with Crippen LogP contribution < -0.4 is 5.11 Å². The van der Waals surface area contributed by atoms with Gasteiger partial charge >= 0.3 is 0 Å². The first-order valence-corrected chi connectivity index (χ1v) is 7.92. The van der Waals surface area contributed by atoms with Crippen molar-refractivity contribution in [1.82, 2.24) is 9.97 Å². The molecule has 2 aromatic carbocycles. The number of nitrogens with one attached hydrogen (secondary N) is 1. The molecule has 0 aliphatic heterocycles. The molecule has 0 fully saturated rings. The molecule has 1 N–H and O–H groups in total. The lowest BCUT2D eigenvalue weighted by Crippen LogP contribution is -1.99. The largest absolute Gasteiger partial charge is 0.867 e. The van der Waals surface area contributed by atoms with Crippen molar-refractivity contribution in [2.45, 2.75) is 6.92 Å². The van der Waals surface area contributed by atoms with Gasteiger partial charge in [0.05, 0.1) is 21.5 Å². The molecule has 0 radical (unpaired) electrons. The second-order valence-electron chi connectivity index (χ2n) is 5.38. The van der Waals surface area contributed by atoms with Crippen LogP contribution in [-0.2, 0) is 0 Å². The van der Waals surface area contributed by atoms with Crippen molar-refractivity contribution < 1.29 is 10.0 Å². The van der Waals surface area contributed by atoms with E-state index in [-0.39, 0.29) is 10.0 Å². The molecule has 0 amide bonds. The van der Waals surface area contributed by atoms with Crippen LogP contribution in [0.4, 0.5) is 5.69 Å². The average molecular weight is 398 g/mol. The van der Waals surface area contributed by atoms with E-state index < -0.39 is 16.4 Å². The van der Waals surface area contributed by atoms with Gasteiger partial charge in [0.15, 0.2) is 0 Å². The summed E-state index contributed by atoms with van der Waals surface area (Å²) in [4.78, 5) is 17.7. The lowest BCUT2D eigenvalue weighted by molar-refractivity contribution is -0.398. The van der Waals surface area contributed by atoms with Gasteiger partial charge in [0.1, 0.15) is 11.9 Å². The Labute approximate surface area is 150 Å². The van der Waals surface area contributed by atoms with Crippen LogP contribution in [0.1, 0.15) is 17.0 Å². The van der Waals surface area contributed by atoms with Crippen molar-refractivity contribution in [3.8, 4) is 11.8 Å². The number of aryl methyl sites for hydroxylation is 1. The second-order valence-corrected chi connectivity index (χ2v) is 6.24. The number of nitrogens with zero attached hydrogens (tertiary/aromatic N) is 3. The van der Waals surface area contributed by atoms with E-state index in [2.05, 4.69) is 25.9 Å². The predicted octanol–water partition coefficient (Wildman–Crippen LogP) is 3.68. The van der Waals surface area contributed by atoms with E-state index in [9.17, 15) is 20.5 Å². The zero-order valence-electron chi connectivity index (χ0n) is 12.9. The standard InChI is InChI=1S/C17H11BrN4O3/c1-9-2-3-13-14(4-9)21-17(20-13)11(8-19)5-10-6-12(18)16(23)15(7-10)22(24)25/h2-7,23H,1H3,(H,20,21)/p-1/b11-5-. The van der Waals surface area contributed by atoms with Gasteiger partial charge in [-0.1, -0.05) is 22.0 Å². The lowest BCUT2D eigenvalue weighted by atomic mass is 10.1. The maximum absolute atomic E-state index is 11.7. The van der Waals surface area contributed by atoms with Crippen LogP contribution in [0.15, 0.2) is 34.8 Å². The van der Waals surface area contributed by atoms with Gasteiger partial charge in [0, 0.05) is 10.5 Å². The number of hydrogen-bond acceptors (Lipinski definition) is 5. The minimum absolute atomic E-state index is 0.0606. The third-order valence-electron chi connectivity index (χ3n) is 3.57. The van der Waals surface area contributed by atoms with Crippen molar-refractivity contribution in [1.29, 1.82) is 5.26 Å². The molecular formula is C17H10BrN4O3-. The molecule has 0 aliphatic rings. The fourth-order valence-corrected chi connectivity index (χ4v) is 2.86. The predicted molar refractivity (Wildman–Crippen MR) is 94.6 cm³/mol. The Morgan fingerprint density at radius 3 is 2.84 bits per heavy atom. The first-order valence-electron chi connectivity index (χ1n) is 7.12. The summed E-state index contributed by atoms with van der Waals surface area (Å²) in [5.74, 6) is -0.354. The maximum Gasteiger partial charge on any atom is 0.263 e. The van der Waals surface area contributed by atoms with Crippen LogP contribution in [-0.4, -0.2) is 14.9 Å². The highest BCUT2D eigenvalue weighted by Gasteiger charge is 2.13. The van der Waals surface area contributed by atoms with E-state index in [1.165, 1.54) is 12.1 Å². The third kappa shape index (κ3) is 3.22. The summed E-state index contributed by atoms with van der Waals surface area (Å²) in [6.45, 7) is 1.95. The number of fused-ring (bicyclic) bond motifs is 1. The average Bonchev–Trinajstić information content (AvgIpc) is 2.98. The van der Waals surface area contributed by atoms with Crippen LogP contribution >= 0.6 is 15.9 Å². The van der Waals surface area contributed by atoms with Crippen molar-refractivity contribution in [3.05, 3.63) is 61.9 Å². The van der Waals surface area contributed by atoms with Gasteiger partial charge in [-0.3, -0.25) is 10.1 Å². The Kier molecular flexibility index (Phi) is 4.25. The van der Waals surface area contributed by atoms with Crippen LogP contribution in [0.3, 0.4) is 0 Å². The summed E-state index contributed by atoms with van der Waals surface area (Å²) in [5, 5.41) is 32.2. The molecule has 0 spiro atoms. The van der Waals surface area contributed by atoms with Gasteiger partial charge < -0.3 is 10.1 Å². The quantitative estimate of drug-likeness (QED) is 0.410. The molecule has 7 nitrogen and oxygen atoms in total. The van der Waals surface area contributed by atoms with E-state index in [0.29, 0.717) is 16.9 Å². The van der Waals surface area contributed by atoms with E-state index in [4.69, 9.17) is 0 Å². The monoisotopic (exact) mass is 397 g/mol. The van der Waals surface area contributed by atoms with Gasteiger partial charge in [0.25, 0.3) is 5.69 Å². The molecule has 25 heavy (non-hydrogen) atoms. The number of imidazole rings is 1. The first kappa shape index (κ1) is 16.7. The molecule has 8 heteroatoms. The van der Waals surface area contributed by atoms with Gasteiger partial charge in [-0.15, -0.1) is 0 Å². The molecular weight excluding hydrogens is 388 g/mol. The zero-order chi connectivity index (χ0) is 18.1. The number of H-pyrrole nitrogens is 1. The summed E-state index contributed by atoms with van der Waals surface area (Å²) in [6, 6.07) is 10.3. The van der Waals surface area contributed by atoms with Gasteiger partial charge in [0.2, 0.25) is 0 Å². The Morgan fingerprint density at radius 1 is 1.40 bits per heavy atom. The fourth-order valence-electron chi connectivity index (χ4n) is 2.39. The number of nitriles is 1. The summed E-state index contributed by atoms with van der Waals surface area (Å²) in [7, 11) is 0. The maximum atomic E-state index is 11.7. The van der Waals surface area contributed by atoms with Gasteiger partial charge in [-0.05, 0) is 48.1 Å². The number of benzene rings is 2. The smallest absolute Gasteiger partial charge is 0.263 e. The molecule has 3 aromatic rings. The summed E-state index contributed by atoms with van der Waals surface area (Å²) in [5.41, 5.74) is 2.55. The number of halogens is 1. The molecule has 0 saturated carbocycles. The van der Waals surface area contributed by atoms with Crippen LogP contribution in [0.25, 0.3) is 22.7 Å². The Morgan fingerprint density at radius 2 is 2.16 bits per heavy atom. The molecule has 0 saturated heterocycles. The van der Waals surface area contributed by atoms with E-state index in [1.807, 2.05) is 31.2 Å². The number of rotatable bonds is 3. The molecule has 124 valence electrons. The van der Waals surface area contributed by atoms with E-state index in [1.54, 1.807) is 0 Å². The highest BCUT2D eigenvalue weighted by Crippen LogP contribution is 2.34. The molecule has 0 atom stereocenters. The topological polar surface area (TPSA) is 119 Å². The van der Waals surface area contributed by atoms with Crippen LogP contribution in [0.5, 0.6) is 5.75 Å². The molecule has 1 heterocycles. The van der Waals surface area contributed by atoms with Gasteiger partial charge in [-0.25, -0.2) is 4.98 Å². The molecule has 0 bridgehead atoms. The summed E-state index contributed by atoms with van der Waals surface area (Å²) >= 11 is 3.02. The van der Waals surface area contributed by atoms with Crippen molar-refractivity contribution >= 4 is 44.3 Å². The number of allylic oxidation sites excluding steroid dienone is 1. The molecule has 1 aromatic heterocycles. The van der Waals surface area contributed by atoms with Gasteiger partial charge in [-0.2, -0.15) is 5.26 Å². The van der Waals surface area contributed by atoms with Crippen molar-refractivity contribution in [2.75, 3.05) is 0 Å². The molecule has 3 rings (SSSR count). The molecule has 0 unspecified atom stereocenters. The first-order chi connectivity index (χ1) is 11.9. The Bertz CT molecular complexity index is 1080. The highest BCUT2D eigenvalue weighted by atomic mass is 79.9.